The summed E-state index contributed by atoms with van der Waals surface area (Å²) in [5.41, 5.74) is 0.730. The predicted octanol–water partition coefficient (Wildman–Crippen LogP) is 1.84. The number of likely N-dealkylation sites (tertiary alicyclic amines) is 1. The van der Waals surface area contributed by atoms with Gasteiger partial charge in [-0.15, -0.1) is 0 Å². The van der Waals surface area contributed by atoms with Crippen molar-refractivity contribution < 1.29 is 8.42 Å². The van der Waals surface area contributed by atoms with Gasteiger partial charge in [-0.2, -0.15) is 0 Å². The highest BCUT2D eigenvalue weighted by molar-refractivity contribution is 8.13. The van der Waals surface area contributed by atoms with Gasteiger partial charge < -0.3 is 4.90 Å². The molecule has 0 amide bonds. The molecule has 0 bridgehead atoms. The highest BCUT2D eigenvalue weighted by Gasteiger charge is 2.22. The topological polar surface area (TPSA) is 37.4 Å². The van der Waals surface area contributed by atoms with Crippen LogP contribution < -0.4 is 0 Å². The Bertz CT molecular complexity index is 326. The molecule has 0 N–H and O–H groups in total. The Balaban J connectivity index is 2.34. The van der Waals surface area contributed by atoms with Gasteiger partial charge in [0.25, 0.3) is 0 Å². The summed E-state index contributed by atoms with van der Waals surface area (Å²) in [6.45, 7) is 9.14. The zero-order valence-electron chi connectivity index (χ0n) is 9.08. The molecule has 0 saturated carbocycles. The van der Waals surface area contributed by atoms with Crippen molar-refractivity contribution in [3.63, 3.8) is 0 Å². The number of halogens is 1. The Hall–Kier alpha value is -0.0600. The molecule has 0 aromatic heterocycles. The van der Waals surface area contributed by atoms with Crippen LogP contribution in [0.5, 0.6) is 0 Å². The summed E-state index contributed by atoms with van der Waals surface area (Å²) in [7, 11) is 1.75. The van der Waals surface area contributed by atoms with Crippen molar-refractivity contribution in [2.24, 2.45) is 5.92 Å². The monoisotopic (exact) mass is 251 g/mol. The SMILES string of the molecule is C=C(CC1CCN(CC)C1)CS(=O)(=O)Cl. The van der Waals surface area contributed by atoms with Gasteiger partial charge >= 0.3 is 0 Å². The maximum absolute atomic E-state index is 10.8. The van der Waals surface area contributed by atoms with E-state index in [2.05, 4.69) is 18.4 Å². The zero-order valence-corrected chi connectivity index (χ0v) is 10.6. The molecule has 1 fully saturated rings. The maximum Gasteiger partial charge on any atom is 0.236 e. The van der Waals surface area contributed by atoms with E-state index in [0.717, 1.165) is 38.0 Å². The van der Waals surface area contributed by atoms with Gasteiger partial charge in [-0.25, -0.2) is 8.42 Å². The molecule has 1 atom stereocenters. The molecule has 0 aliphatic carbocycles. The largest absolute Gasteiger partial charge is 0.303 e. The van der Waals surface area contributed by atoms with E-state index in [0.29, 0.717) is 5.92 Å². The first kappa shape index (κ1) is 13.0. The fourth-order valence-electron chi connectivity index (χ4n) is 2.08. The minimum absolute atomic E-state index is 0.0861. The molecule has 15 heavy (non-hydrogen) atoms. The van der Waals surface area contributed by atoms with Crippen LogP contribution in [0.25, 0.3) is 0 Å². The number of hydrogen-bond acceptors (Lipinski definition) is 3. The normalized spacial score (nSPS) is 23.2. The van der Waals surface area contributed by atoms with Gasteiger partial charge in [0.15, 0.2) is 0 Å². The second kappa shape index (κ2) is 5.32. The Morgan fingerprint density at radius 3 is 2.73 bits per heavy atom. The van der Waals surface area contributed by atoms with Crippen LogP contribution in [0, 0.1) is 5.92 Å². The predicted molar refractivity (Wildman–Crippen MR) is 63.6 cm³/mol. The van der Waals surface area contributed by atoms with Crippen LogP contribution in [0.4, 0.5) is 0 Å². The molecule has 5 heteroatoms. The van der Waals surface area contributed by atoms with Gasteiger partial charge in [0.2, 0.25) is 9.05 Å². The van der Waals surface area contributed by atoms with Gasteiger partial charge in [-0.3, -0.25) is 0 Å². The highest BCUT2D eigenvalue weighted by atomic mass is 35.7. The lowest BCUT2D eigenvalue weighted by atomic mass is 10.0. The second-order valence-electron chi connectivity index (χ2n) is 4.19. The molecule has 1 rings (SSSR count). The van der Waals surface area contributed by atoms with Crippen molar-refractivity contribution >= 4 is 19.7 Å². The Kier molecular flexibility index (Phi) is 4.62. The van der Waals surface area contributed by atoms with Crippen molar-refractivity contribution in [2.75, 3.05) is 25.4 Å². The molecule has 1 saturated heterocycles. The molecule has 1 heterocycles. The summed E-state index contributed by atoms with van der Waals surface area (Å²) >= 11 is 0. The van der Waals surface area contributed by atoms with Crippen molar-refractivity contribution in [2.45, 2.75) is 19.8 Å². The Morgan fingerprint density at radius 1 is 1.60 bits per heavy atom. The van der Waals surface area contributed by atoms with Crippen LogP contribution in [-0.2, 0) is 9.05 Å². The van der Waals surface area contributed by atoms with Gasteiger partial charge in [0.05, 0.1) is 5.75 Å². The quantitative estimate of drug-likeness (QED) is 0.553. The minimum atomic E-state index is -3.43. The van der Waals surface area contributed by atoms with Crippen LogP contribution in [0.1, 0.15) is 19.8 Å². The third kappa shape index (κ3) is 5.00. The van der Waals surface area contributed by atoms with Gasteiger partial charge in [-0.05, 0) is 31.8 Å². The first-order valence-corrected chi connectivity index (χ1v) is 7.70. The van der Waals surface area contributed by atoms with E-state index in [1.54, 1.807) is 0 Å². The molecule has 0 aromatic rings. The van der Waals surface area contributed by atoms with Gasteiger partial charge in [0.1, 0.15) is 0 Å². The summed E-state index contributed by atoms with van der Waals surface area (Å²) in [5, 5.41) is 0. The average Bonchev–Trinajstić information content (AvgIpc) is 2.48. The lowest BCUT2D eigenvalue weighted by Crippen LogP contribution is -2.20. The molecule has 0 spiro atoms. The van der Waals surface area contributed by atoms with Crippen molar-refractivity contribution in [3.8, 4) is 0 Å². The smallest absolute Gasteiger partial charge is 0.236 e. The van der Waals surface area contributed by atoms with Crippen molar-refractivity contribution in [3.05, 3.63) is 12.2 Å². The van der Waals surface area contributed by atoms with E-state index >= 15 is 0 Å². The number of nitrogens with zero attached hydrogens (tertiary/aromatic N) is 1. The lowest BCUT2D eigenvalue weighted by molar-refractivity contribution is 0.342. The molecular formula is C10H18ClNO2S. The molecule has 1 aliphatic rings. The third-order valence-electron chi connectivity index (χ3n) is 2.77. The maximum atomic E-state index is 10.8. The van der Waals surface area contributed by atoms with E-state index in [1.165, 1.54) is 0 Å². The lowest BCUT2D eigenvalue weighted by Gasteiger charge is -2.13. The highest BCUT2D eigenvalue weighted by Crippen LogP contribution is 2.23. The summed E-state index contributed by atoms with van der Waals surface area (Å²) in [6, 6.07) is 0. The molecule has 0 radical (unpaired) electrons. The summed E-state index contributed by atoms with van der Waals surface area (Å²) in [4.78, 5) is 2.37. The third-order valence-corrected chi connectivity index (χ3v) is 3.85. The summed E-state index contributed by atoms with van der Waals surface area (Å²) < 4.78 is 21.7. The van der Waals surface area contributed by atoms with E-state index < -0.39 is 9.05 Å². The number of hydrogen-bond donors (Lipinski definition) is 0. The molecule has 1 aliphatic heterocycles. The zero-order chi connectivity index (χ0) is 11.5. The minimum Gasteiger partial charge on any atom is -0.303 e. The van der Waals surface area contributed by atoms with Crippen LogP contribution in [0.2, 0.25) is 0 Å². The first-order valence-electron chi connectivity index (χ1n) is 5.22. The van der Waals surface area contributed by atoms with E-state index in [9.17, 15) is 8.42 Å². The van der Waals surface area contributed by atoms with Gasteiger partial charge in [-0.1, -0.05) is 19.1 Å². The first-order chi connectivity index (χ1) is 6.90. The van der Waals surface area contributed by atoms with Gasteiger partial charge in [0, 0.05) is 17.2 Å². The molecule has 0 aromatic carbocycles. The summed E-state index contributed by atoms with van der Waals surface area (Å²) in [5.74, 6) is 0.466. The van der Waals surface area contributed by atoms with Crippen molar-refractivity contribution in [1.29, 1.82) is 0 Å². The van der Waals surface area contributed by atoms with Crippen LogP contribution >= 0.6 is 10.7 Å². The fraction of sp³-hybridized carbons (Fsp3) is 0.800. The van der Waals surface area contributed by atoms with E-state index in [1.807, 2.05) is 0 Å². The Morgan fingerprint density at radius 2 is 2.27 bits per heavy atom. The molecule has 88 valence electrons. The van der Waals surface area contributed by atoms with Crippen molar-refractivity contribution in [1.82, 2.24) is 4.90 Å². The average molecular weight is 252 g/mol. The summed E-state index contributed by atoms with van der Waals surface area (Å²) in [6.07, 6.45) is 1.91. The van der Waals surface area contributed by atoms with Crippen LogP contribution in [0.15, 0.2) is 12.2 Å². The molecule has 3 nitrogen and oxygen atoms in total. The molecule has 1 unspecified atom stereocenters. The Labute approximate surface area is 96.5 Å². The second-order valence-corrected chi connectivity index (χ2v) is 6.96. The molecular weight excluding hydrogens is 234 g/mol. The van der Waals surface area contributed by atoms with Crippen LogP contribution in [0.3, 0.4) is 0 Å². The number of rotatable bonds is 5. The fourth-order valence-corrected chi connectivity index (χ4v) is 3.15. The van der Waals surface area contributed by atoms with E-state index in [4.69, 9.17) is 10.7 Å². The van der Waals surface area contributed by atoms with E-state index in [-0.39, 0.29) is 5.75 Å². The standard InChI is InChI=1S/C10H18ClNO2S/c1-3-12-5-4-10(7-12)6-9(2)8-15(11,13)14/h10H,2-8H2,1H3. The van der Waals surface area contributed by atoms with Crippen LogP contribution in [-0.4, -0.2) is 38.7 Å².